The number of benzene rings is 10. The summed E-state index contributed by atoms with van der Waals surface area (Å²) < 4.78 is 6.83. The van der Waals surface area contributed by atoms with E-state index in [1.807, 2.05) is 110 Å². The number of hydrogen-bond acceptors (Lipinski definition) is 4. The lowest BCUT2D eigenvalue weighted by molar-refractivity contribution is 0.791. The third-order valence-corrected chi connectivity index (χ3v) is 13.6. The maximum absolute atomic E-state index is 7.01. The van der Waals surface area contributed by atoms with Crippen LogP contribution >= 0.6 is 0 Å². The van der Waals surface area contributed by atoms with E-state index in [0.29, 0.717) is 6.67 Å². The van der Waals surface area contributed by atoms with Gasteiger partial charge in [-0.3, -0.25) is 9.98 Å². The minimum Gasteiger partial charge on any atom is -0.384 e. The molecule has 80 heavy (non-hydrogen) atoms. The molecule has 0 spiro atoms. The van der Waals surface area contributed by atoms with Crippen molar-refractivity contribution in [2.45, 2.75) is 27.4 Å². The van der Waals surface area contributed by atoms with E-state index in [0.717, 1.165) is 83.6 Å². The summed E-state index contributed by atoms with van der Waals surface area (Å²) in [5.74, 6) is 0.878. The van der Waals surface area contributed by atoms with Crippen molar-refractivity contribution >= 4 is 84.3 Å². The summed E-state index contributed by atoms with van der Waals surface area (Å²) >= 11 is 0. The Hall–Kier alpha value is -10.3. The van der Waals surface area contributed by atoms with E-state index in [9.17, 15) is 0 Å². The lowest BCUT2D eigenvalue weighted by Gasteiger charge is -2.12. The molecule has 0 aliphatic rings. The molecule has 6 N–H and O–H groups in total. The Bertz CT molecular complexity index is 4160. The monoisotopic (exact) mass is 1040 g/mol. The molecule has 3 aromatic heterocycles. The van der Waals surface area contributed by atoms with Crippen molar-refractivity contribution in [3.05, 3.63) is 296 Å². The zero-order chi connectivity index (χ0) is 55.8. The molecule has 8 heteroatoms. The first-order valence-corrected chi connectivity index (χ1v) is 26.7. The number of amidine groups is 1. The molecule has 394 valence electrons. The van der Waals surface area contributed by atoms with Crippen molar-refractivity contribution in [2.75, 3.05) is 5.32 Å². The smallest absolute Gasteiger partial charge is 0.161 e. The van der Waals surface area contributed by atoms with E-state index in [-0.39, 0.29) is 5.84 Å². The van der Waals surface area contributed by atoms with Crippen LogP contribution in [0, 0.1) is 19.3 Å². The number of nitrogens with zero attached hydrogens (tertiary/aromatic N) is 4. The average molecular weight is 1040 g/mol. The highest BCUT2D eigenvalue weighted by molar-refractivity contribution is 6.22. The number of anilines is 2. The minimum atomic E-state index is 0.121. The number of nitrogens with two attached hydrogens (primary N) is 2. The van der Waals surface area contributed by atoms with Crippen molar-refractivity contribution in [3.63, 3.8) is 0 Å². The summed E-state index contributed by atoms with van der Waals surface area (Å²) in [6.45, 7) is 14.1. The van der Waals surface area contributed by atoms with Crippen molar-refractivity contribution < 1.29 is 0 Å². The molecular weight excluding hydrogens is 977 g/mol. The molecule has 0 unspecified atom stereocenters. The predicted molar refractivity (Wildman–Crippen MR) is 344 cm³/mol. The lowest BCUT2D eigenvalue weighted by Crippen LogP contribution is -2.10. The van der Waals surface area contributed by atoms with Crippen LogP contribution < -0.4 is 16.8 Å². The number of rotatable bonds is 9. The molecule has 0 saturated heterocycles. The maximum Gasteiger partial charge on any atom is 0.161 e. The Morgan fingerprint density at radius 2 is 0.963 bits per heavy atom. The maximum atomic E-state index is 7.01. The molecule has 0 atom stereocenters. The average Bonchev–Trinajstić information content (AvgIpc) is 4.15. The van der Waals surface area contributed by atoms with Crippen LogP contribution in [0.1, 0.15) is 23.6 Å². The second-order valence-electron chi connectivity index (χ2n) is 19.0. The Balaban J connectivity index is 0.000000224. The second-order valence-corrected chi connectivity index (χ2v) is 19.0. The van der Waals surface area contributed by atoms with E-state index < -0.39 is 0 Å². The fraction of sp³-hybridized carbons (Fsp3) is 0.0556. The van der Waals surface area contributed by atoms with Gasteiger partial charge in [0.15, 0.2) is 5.82 Å². The van der Waals surface area contributed by atoms with Crippen LogP contribution in [0.4, 0.5) is 17.2 Å². The SMILES string of the molecule is C=C/C=C\C.C=Nc1c(Nc2ccccc2)c2ccc3c4cc(-c5ccc6c(c5)c5ccccc5n6CN)ccc4n(-c4ccccc4)c3c2n1-c1ccccc1.Cc1ccccc1.Cc1ccccc1.N=C(N)c1ccccc1. The van der Waals surface area contributed by atoms with Gasteiger partial charge in [0.05, 0.1) is 39.9 Å². The number of para-hydroxylation sites is 4. The molecule has 0 bridgehead atoms. The van der Waals surface area contributed by atoms with Gasteiger partial charge >= 0.3 is 0 Å². The summed E-state index contributed by atoms with van der Waals surface area (Å²) in [5, 5.41) is 16.5. The van der Waals surface area contributed by atoms with E-state index in [1.165, 1.54) is 27.3 Å². The van der Waals surface area contributed by atoms with Crippen molar-refractivity contribution in [3.8, 4) is 22.5 Å². The van der Waals surface area contributed by atoms with Crippen LogP contribution in [0.2, 0.25) is 0 Å². The molecule has 3 heterocycles. The number of aromatic nitrogens is 3. The number of allylic oxidation sites excluding steroid dienone is 3. The van der Waals surface area contributed by atoms with Crippen molar-refractivity contribution in [1.29, 1.82) is 5.41 Å². The number of aliphatic imine (C=N–C) groups is 1. The van der Waals surface area contributed by atoms with Crippen molar-refractivity contribution in [1.82, 2.24) is 13.7 Å². The topological polar surface area (TPSA) is 115 Å². The number of nitrogen functional groups attached to an aromatic ring is 1. The first-order chi connectivity index (χ1) is 39.2. The molecule has 0 aliphatic heterocycles. The third-order valence-electron chi connectivity index (χ3n) is 13.6. The van der Waals surface area contributed by atoms with Crippen LogP contribution in [0.25, 0.3) is 77.0 Å². The molecule has 10 aromatic carbocycles. The fourth-order valence-corrected chi connectivity index (χ4v) is 9.90. The molecule has 0 saturated carbocycles. The Morgan fingerprint density at radius 3 is 1.44 bits per heavy atom. The largest absolute Gasteiger partial charge is 0.384 e. The first kappa shape index (κ1) is 54.5. The highest BCUT2D eigenvalue weighted by atomic mass is 15.1. The molecule has 0 amide bonds. The fourth-order valence-electron chi connectivity index (χ4n) is 9.90. The lowest BCUT2D eigenvalue weighted by atomic mass is 10.0. The van der Waals surface area contributed by atoms with Gasteiger partial charge in [0, 0.05) is 49.6 Å². The highest BCUT2D eigenvalue weighted by Crippen LogP contribution is 2.47. The molecule has 0 fully saturated rings. The molecule has 0 radical (unpaired) electrons. The van der Waals surface area contributed by atoms with Gasteiger partial charge in [-0.2, -0.15) is 0 Å². The third kappa shape index (κ3) is 12.1. The summed E-state index contributed by atoms with van der Waals surface area (Å²) in [7, 11) is 0. The van der Waals surface area contributed by atoms with Gasteiger partial charge in [0.2, 0.25) is 0 Å². The first-order valence-electron chi connectivity index (χ1n) is 26.7. The van der Waals surface area contributed by atoms with Gasteiger partial charge in [0.1, 0.15) is 5.84 Å². The normalized spacial score (nSPS) is 10.7. The van der Waals surface area contributed by atoms with Gasteiger partial charge in [-0.15, -0.1) is 0 Å². The molecule has 13 aromatic rings. The van der Waals surface area contributed by atoms with Gasteiger partial charge < -0.3 is 25.9 Å². The number of hydrogen-bond donors (Lipinski definition) is 4. The van der Waals surface area contributed by atoms with Crippen LogP contribution in [-0.4, -0.2) is 26.3 Å². The number of aryl methyl sites for hydroxylation is 2. The minimum absolute atomic E-state index is 0.121. The summed E-state index contributed by atoms with van der Waals surface area (Å²) in [5.41, 5.74) is 26.8. The quantitative estimate of drug-likeness (QED) is 0.0656. The molecule has 0 aliphatic carbocycles. The standard InChI is InChI=1S/C46H34N6.C7H8N2.2C7H8.C5H8/c1-48-46-43(49-32-13-5-2-6-14-32)37-24-23-36-39-28-31(30-21-25-41-38(27-30)35-19-11-12-20-40(35)50(41)29-47)22-26-42(39)51(33-15-7-3-8-16-33)44(36)45(37)52(46)34-17-9-4-10-18-34;8-7(9)6-4-2-1-3-5-6;2*1-7-5-3-2-4-6-7;1-3-5-4-2/h2-28,49H,1,29,47H2;1-5H,(H3,8,9);2*2-6H,1H3;3-5H,1H2,2H3/b;;;;5-4-. The van der Waals surface area contributed by atoms with Gasteiger partial charge in [0.25, 0.3) is 0 Å². The van der Waals surface area contributed by atoms with Crippen molar-refractivity contribution in [2.24, 2.45) is 16.5 Å². The van der Waals surface area contributed by atoms with Crippen LogP contribution in [0.15, 0.2) is 285 Å². The number of nitrogens with one attached hydrogen (secondary N) is 2. The van der Waals surface area contributed by atoms with Crippen LogP contribution in [-0.2, 0) is 6.67 Å². The van der Waals surface area contributed by atoms with E-state index in [2.05, 4.69) is 215 Å². The Morgan fingerprint density at radius 1 is 0.512 bits per heavy atom. The van der Waals surface area contributed by atoms with E-state index in [1.54, 1.807) is 6.08 Å². The van der Waals surface area contributed by atoms with E-state index in [4.69, 9.17) is 16.9 Å². The Kier molecular flexibility index (Phi) is 17.8. The number of fused-ring (bicyclic) bond motifs is 8. The van der Waals surface area contributed by atoms with Crippen LogP contribution in [0.5, 0.6) is 0 Å². The molecule has 13 rings (SSSR count). The summed E-state index contributed by atoms with van der Waals surface area (Å²) in [6.07, 6.45) is 5.58. The predicted octanol–water partition coefficient (Wildman–Crippen LogP) is 18.2. The summed E-state index contributed by atoms with van der Waals surface area (Å²) in [4.78, 5) is 4.68. The highest BCUT2D eigenvalue weighted by Gasteiger charge is 2.25. The zero-order valence-corrected chi connectivity index (χ0v) is 45.5. The van der Waals surface area contributed by atoms with Gasteiger partial charge in [-0.05, 0) is 111 Å². The van der Waals surface area contributed by atoms with Gasteiger partial charge in [-0.25, -0.2) is 4.99 Å². The van der Waals surface area contributed by atoms with Gasteiger partial charge in [-0.1, -0.05) is 218 Å². The Labute approximate surface area is 469 Å². The summed E-state index contributed by atoms with van der Waals surface area (Å²) in [6, 6.07) is 87.6. The zero-order valence-electron chi connectivity index (χ0n) is 45.5. The molecular formula is C72H66N8. The second kappa shape index (κ2) is 26.2. The molecule has 8 nitrogen and oxygen atoms in total. The van der Waals surface area contributed by atoms with Crippen LogP contribution in [0.3, 0.4) is 0 Å². The van der Waals surface area contributed by atoms with E-state index >= 15 is 0 Å².